The summed E-state index contributed by atoms with van der Waals surface area (Å²) in [4.78, 5) is 12.2. The lowest BCUT2D eigenvalue weighted by atomic mass is 10.2. The van der Waals surface area contributed by atoms with E-state index in [0.29, 0.717) is 44.5 Å². The van der Waals surface area contributed by atoms with Crippen molar-refractivity contribution in [1.29, 1.82) is 0 Å². The molecule has 10 heteroatoms. The van der Waals surface area contributed by atoms with Gasteiger partial charge in [0.05, 0.1) is 16.5 Å². The third-order valence-corrected chi connectivity index (χ3v) is 7.41. The maximum atomic E-state index is 12.7. The van der Waals surface area contributed by atoms with Crippen LogP contribution >= 0.6 is 0 Å². The zero-order chi connectivity index (χ0) is 20.3. The van der Waals surface area contributed by atoms with Crippen LogP contribution in [0, 0.1) is 0 Å². The average Bonchev–Trinajstić information content (AvgIpc) is 3.47. The summed E-state index contributed by atoms with van der Waals surface area (Å²) in [6.45, 7) is 3.03. The van der Waals surface area contributed by atoms with Gasteiger partial charge < -0.3 is 10.1 Å². The van der Waals surface area contributed by atoms with Gasteiger partial charge in [0.25, 0.3) is 0 Å². The quantitative estimate of drug-likeness (QED) is 0.688. The number of carbonyl (C=O) groups is 1. The fraction of sp³-hybridized carbons (Fsp3) is 0.632. The highest BCUT2D eigenvalue weighted by atomic mass is 32.2. The molecule has 1 atom stereocenters. The number of carbonyl (C=O) groups excluding carboxylic acids is 1. The van der Waals surface area contributed by atoms with Crippen molar-refractivity contribution in [2.45, 2.75) is 56.1 Å². The van der Waals surface area contributed by atoms with Gasteiger partial charge in [-0.3, -0.25) is 4.79 Å². The van der Waals surface area contributed by atoms with E-state index in [1.807, 2.05) is 0 Å². The van der Waals surface area contributed by atoms with Crippen molar-refractivity contribution in [3.63, 3.8) is 0 Å². The molecule has 0 saturated carbocycles. The summed E-state index contributed by atoms with van der Waals surface area (Å²) in [6.07, 6.45) is 5.03. The van der Waals surface area contributed by atoms with Crippen LogP contribution in [-0.2, 0) is 26.1 Å². The number of nitrogens with zero attached hydrogens (tertiary/aromatic N) is 4. The molecular formula is C19H27N5O4S. The molecule has 0 aliphatic carbocycles. The minimum absolute atomic E-state index is 0.00362. The maximum absolute atomic E-state index is 12.7. The number of ether oxygens (including phenoxy) is 1. The normalized spacial score (nSPS) is 20.5. The van der Waals surface area contributed by atoms with Crippen LogP contribution in [0.5, 0.6) is 0 Å². The third kappa shape index (κ3) is 4.59. The van der Waals surface area contributed by atoms with Gasteiger partial charge in [0.15, 0.2) is 0 Å². The van der Waals surface area contributed by atoms with E-state index in [1.54, 1.807) is 22.9 Å². The van der Waals surface area contributed by atoms with Crippen LogP contribution in [0.1, 0.15) is 38.5 Å². The molecule has 2 aromatic rings. The number of rotatable bonds is 8. The molecule has 4 rings (SSSR count). The highest BCUT2D eigenvalue weighted by molar-refractivity contribution is 7.89. The van der Waals surface area contributed by atoms with Gasteiger partial charge in [-0.15, -0.1) is 5.10 Å². The van der Waals surface area contributed by atoms with Gasteiger partial charge >= 0.3 is 0 Å². The van der Waals surface area contributed by atoms with Gasteiger partial charge in [0, 0.05) is 39.2 Å². The lowest BCUT2D eigenvalue weighted by molar-refractivity contribution is -0.121. The summed E-state index contributed by atoms with van der Waals surface area (Å²) in [7, 11) is -3.47. The Kier molecular flexibility index (Phi) is 6.12. The van der Waals surface area contributed by atoms with Crippen LogP contribution in [0.25, 0.3) is 11.0 Å². The van der Waals surface area contributed by atoms with Gasteiger partial charge in [-0.1, -0.05) is 5.21 Å². The summed E-state index contributed by atoms with van der Waals surface area (Å²) in [5, 5.41) is 11.2. The molecule has 29 heavy (non-hydrogen) atoms. The van der Waals surface area contributed by atoms with E-state index in [2.05, 4.69) is 15.6 Å². The predicted octanol–water partition coefficient (Wildman–Crippen LogP) is 1.29. The highest BCUT2D eigenvalue weighted by Gasteiger charge is 2.27. The first-order valence-corrected chi connectivity index (χ1v) is 11.7. The highest BCUT2D eigenvalue weighted by Crippen LogP contribution is 2.23. The van der Waals surface area contributed by atoms with E-state index in [0.717, 1.165) is 37.8 Å². The summed E-state index contributed by atoms with van der Waals surface area (Å²) >= 11 is 0. The van der Waals surface area contributed by atoms with Gasteiger partial charge in [-0.2, -0.15) is 4.31 Å². The Balaban J connectivity index is 1.33. The number of hydrogen-bond acceptors (Lipinski definition) is 6. The SMILES string of the molecule is O=C(CCCn1nnc2cc(S(=O)(=O)N3CCCC3)ccc21)NCC1CCCO1. The Hall–Kier alpha value is -2.04. The fourth-order valence-corrected chi connectivity index (χ4v) is 5.40. The fourth-order valence-electron chi connectivity index (χ4n) is 3.87. The van der Waals surface area contributed by atoms with Crippen LogP contribution in [-0.4, -0.2) is 66.0 Å². The number of sulfonamides is 1. The molecule has 1 unspecified atom stereocenters. The molecule has 2 aliphatic rings. The first-order chi connectivity index (χ1) is 14.0. The van der Waals surface area contributed by atoms with Gasteiger partial charge in [-0.25, -0.2) is 13.1 Å². The first kappa shape index (κ1) is 20.2. The largest absolute Gasteiger partial charge is 0.376 e. The molecule has 1 aromatic carbocycles. The van der Waals surface area contributed by atoms with Crippen LogP contribution in [0.4, 0.5) is 0 Å². The minimum Gasteiger partial charge on any atom is -0.376 e. The minimum atomic E-state index is -3.47. The standard InChI is InChI=1S/C19H27N5O4S/c25-19(20-14-15-5-4-12-28-15)6-3-11-24-18-8-7-16(13-17(18)21-22-24)29(26,27)23-9-1-2-10-23/h7-8,13,15H,1-6,9-12,14H2,(H,20,25). The third-order valence-electron chi connectivity index (χ3n) is 5.51. The van der Waals surface area contributed by atoms with Crippen LogP contribution in [0.15, 0.2) is 23.1 Å². The molecule has 2 fully saturated rings. The van der Waals surface area contributed by atoms with Crippen LogP contribution < -0.4 is 5.32 Å². The van der Waals surface area contributed by atoms with Crippen molar-refractivity contribution < 1.29 is 17.9 Å². The van der Waals surface area contributed by atoms with Gasteiger partial charge in [-0.05, 0) is 50.3 Å². The average molecular weight is 422 g/mol. The van der Waals surface area contributed by atoms with Gasteiger partial charge in [0.1, 0.15) is 5.52 Å². The summed E-state index contributed by atoms with van der Waals surface area (Å²) in [5.74, 6) is 0.00362. The Morgan fingerprint density at radius 2 is 2.07 bits per heavy atom. The maximum Gasteiger partial charge on any atom is 0.243 e. The monoisotopic (exact) mass is 421 g/mol. The number of nitrogens with one attached hydrogen (secondary N) is 1. The van der Waals surface area contributed by atoms with E-state index in [4.69, 9.17) is 4.74 Å². The van der Waals surface area contributed by atoms with Crippen LogP contribution in [0.3, 0.4) is 0 Å². The van der Waals surface area contributed by atoms with Gasteiger partial charge in [0.2, 0.25) is 15.9 Å². The molecule has 1 amide bonds. The van der Waals surface area contributed by atoms with Crippen molar-refractivity contribution in [2.75, 3.05) is 26.2 Å². The number of hydrogen-bond donors (Lipinski definition) is 1. The number of amides is 1. The Bertz CT molecular complexity index is 962. The van der Waals surface area contributed by atoms with E-state index >= 15 is 0 Å². The Morgan fingerprint density at radius 1 is 1.24 bits per heavy atom. The summed E-state index contributed by atoms with van der Waals surface area (Å²) in [5.41, 5.74) is 1.32. The molecule has 9 nitrogen and oxygen atoms in total. The zero-order valence-corrected chi connectivity index (χ0v) is 17.2. The van der Waals surface area contributed by atoms with Crippen molar-refractivity contribution in [3.05, 3.63) is 18.2 Å². The van der Waals surface area contributed by atoms with E-state index in [-0.39, 0.29) is 16.9 Å². The molecule has 2 aliphatic heterocycles. The van der Waals surface area contributed by atoms with Crippen molar-refractivity contribution in [3.8, 4) is 0 Å². The van der Waals surface area contributed by atoms with Crippen molar-refractivity contribution in [1.82, 2.24) is 24.6 Å². The second-order valence-corrected chi connectivity index (χ2v) is 9.55. The smallest absolute Gasteiger partial charge is 0.243 e. The Labute approximate surface area is 170 Å². The molecule has 158 valence electrons. The zero-order valence-electron chi connectivity index (χ0n) is 16.4. The summed E-state index contributed by atoms with van der Waals surface area (Å²) < 4.78 is 34.1. The number of aryl methyl sites for hydroxylation is 1. The second-order valence-electron chi connectivity index (χ2n) is 7.62. The predicted molar refractivity (Wildman–Crippen MR) is 107 cm³/mol. The molecule has 0 radical (unpaired) electrons. The Morgan fingerprint density at radius 3 is 2.83 bits per heavy atom. The molecule has 0 spiro atoms. The van der Waals surface area contributed by atoms with Crippen molar-refractivity contribution in [2.24, 2.45) is 0 Å². The lowest BCUT2D eigenvalue weighted by Crippen LogP contribution is -2.31. The number of benzene rings is 1. The topological polar surface area (TPSA) is 106 Å². The molecular weight excluding hydrogens is 394 g/mol. The van der Waals surface area contributed by atoms with Crippen LogP contribution in [0.2, 0.25) is 0 Å². The molecule has 3 heterocycles. The summed E-state index contributed by atoms with van der Waals surface area (Å²) in [6, 6.07) is 4.95. The van der Waals surface area contributed by atoms with Crippen molar-refractivity contribution >= 4 is 27.0 Å². The van der Waals surface area contributed by atoms with E-state index in [1.165, 1.54) is 4.31 Å². The number of aromatic nitrogens is 3. The number of fused-ring (bicyclic) bond motifs is 1. The molecule has 1 aromatic heterocycles. The molecule has 2 saturated heterocycles. The molecule has 1 N–H and O–H groups in total. The van der Waals surface area contributed by atoms with E-state index < -0.39 is 10.0 Å². The van der Waals surface area contributed by atoms with E-state index in [9.17, 15) is 13.2 Å². The first-order valence-electron chi connectivity index (χ1n) is 10.3. The second kappa shape index (κ2) is 8.76. The molecule has 0 bridgehead atoms. The lowest BCUT2D eigenvalue weighted by Gasteiger charge is -2.15.